The van der Waals surface area contributed by atoms with Crippen molar-refractivity contribution in [2.75, 3.05) is 11.9 Å². The minimum absolute atomic E-state index is 0.120. The molecule has 90 valence electrons. The van der Waals surface area contributed by atoms with Gasteiger partial charge in [0.05, 0.1) is 11.1 Å². The second-order valence-corrected chi connectivity index (χ2v) is 5.54. The molecule has 3 nitrogen and oxygen atoms in total. The van der Waals surface area contributed by atoms with E-state index >= 15 is 0 Å². The Morgan fingerprint density at radius 2 is 2.19 bits per heavy atom. The number of rotatable bonds is 4. The summed E-state index contributed by atoms with van der Waals surface area (Å²) in [5, 5.41) is 13.4. The summed E-state index contributed by atoms with van der Waals surface area (Å²) in [4.78, 5) is 4.09. The number of aliphatic hydroxyl groups is 1. The topological polar surface area (TPSA) is 45.1 Å². The highest BCUT2D eigenvalue weighted by Crippen LogP contribution is 2.22. The highest BCUT2D eigenvalue weighted by Gasteiger charge is 2.16. The molecular weight excluding hydrogens is 224 g/mol. The molecule has 0 bridgehead atoms. The maximum absolute atomic E-state index is 9.80. The van der Waals surface area contributed by atoms with Crippen LogP contribution in [0, 0.1) is 5.41 Å². The van der Waals surface area contributed by atoms with Crippen molar-refractivity contribution in [2.24, 2.45) is 5.41 Å². The third-order valence-corrected chi connectivity index (χ3v) is 2.42. The molecule has 1 atom stereocenters. The summed E-state index contributed by atoms with van der Waals surface area (Å²) in [6, 6.07) is 3.55. The zero-order valence-corrected chi connectivity index (χ0v) is 10.8. The highest BCUT2D eigenvalue weighted by atomic mass is 35.5. The molecule has 1 heterocycles. The van der Waals surface area contributed by atoms with Crippen molar-refractivity contribution in [1.82, 2.24) is 4.98 Å². The van der Waals surface area contributed by atoms with Gasteiger partial charge in [-0.3, -0.25) is 0 Å². The fourth-order valence-corrected chi connectivity index (χ4v) is 1.70. The summed E-state index contributed by atoms with van der Waals surface area (Å²) in [6.45, 7) is 6.77. The number of aliphatic hydroxyl groups excluding tert-OH is 1. The van der Waals surface area contributed by atoms with Crippen LogP contribution in [0.25, 0.3) is 0 Å². The summed E-state index contributed by atoms with van der Waals surface area (Å²) in [5.74, 6) is 0.622. The lowest BCUT2D eigenvalue weighted by Gasteiger charge is -2.22. The lowest BCUT2D eigenvalue weighted by molar-refractivity contribution is 0.132. The molecule has 0 radical (unpaired) electrons. The number of hydrogen-bond donors (Lipinski definition) is 2. The Balaban J connectivity index is 2.43. The summed E-state index contributed by atoms with van der Waals surface area (Å²) in [5.41, 5.74) is 0.120. The molecule has 1 rings (SSSR count). The van der Waals surface area contributed by atoms with Crippen LogP contribution >= 0.6 is 11.6 Å². The lowest BCUT2D eigenvalue weighted by atomic mass is 9.89. The van der Waals surface area contributed by atoms with Crippen LogP contribution in [-0.2, 0) is 0 Å². The van der Waals surface area contributed by atoms with Crippen molar-refractivity contribution in [2.45, 2.75) is 33.3 Å². The number of hydrogen-bond acceptors (Lipinski definition) is 3. The minimum Gasteiger partial charge on any atom is -0.391 e. The summed E-state index contributed by atoms with van der Waals surface area (Å²) in [6.07, 6.45) is 2.02. The minimum atomic E-state index is -0.391. The van der Waals surface area contributed by atoms with Gasteiger partial charge in [0.25, 0.3) is 0 Å². The van der Waals surface area contributed by atoms with Crippen molar-refractivity contribution >= 4 is 17.4 Å². The lowest BCUT2D eigenvalue weighted by Crippen LogP contribution is -2.25. The first kappa shape index (κ1) is 13.3. The Bertz CT molecular complexity index is 336. The Kier molecular flexibility index (Phi) is 4.56. The zero-order valence-electron chi connectivity index (χ0n) is 10.00. The fourth-order valence-electron chi connectivity index (χ4n) is 1.51. The smallest absolute Gasteiger partial charge is 0.144 e. The standard InChI is InChI=1S/C12H19ClN2O/c1-12(2,3)7-9(16)8-15-11-10(13)5-4-6-14-11/h4-6,9,16H,7-8H2,1-3H3,(H,14,15). The molecule has 0 aliphatic carbocycles. The average molecular weight is 243 g/mol. The molecule has 0 fully saturated rings. The highest BCUT2D eigenvalue weighted by molar-refractivity contribution is 6.32. The van der Waals surface area contributed by atoms with Crippen LogP contribution < -0.4 is 5.32 Å². The zero-order chi connectivity index (χ0) is 12.2. The fraction of sp³-hybridized carbons (Fsp3) is 0.583. The van der Waals surface area contributed by atoms with Gasteiger partial charge in [-0.1, -0.05) is 32.4 Å². The molecule has 16 heavy (non-hydrogen) atoms. The average Bonchev–Trinajstić information content (AvgIpc) is 2.14. The van der Waals surface area contributed by atoms with Crippen LogP contribution in [-0.4, -0.2) is 22.7 Å². The normalized spacial score (nSPS) is 13.6. The van der Waals surface area contributed by atoms with Gasteiger partial charge in [-0.15, -0.1) is 0 Å². The monoisotopic (exact) mass is 242 g/mol. The van der Waals surface area contributed by atoms with E-state index in [-0.39, 0.29) is 5.41 Å². The van der Waals surface area contributed by atoms with Crippen LogP contribution in [0.4, 0.5) is 5.82 Å². The van der Waals surface area contributed by atoms with Crippen molar-refractivity contribution in [1.29, 1.82) is 0 Å². The molecule has 0 aliphatic rings. The Labute approximate surface area is 102 Å². The molecule has 2 N–H and O–H groups in total. The van der Waals surface area contributed by atoms with E-state index in [2.05, 4.69) is 31.1 Å². The van der Waals surface area contributed by atoms with Crippen LogP contribution in [0.1, 0.15) is 27.2 Å². The molecule has 1 aromatic heterocycles. The molecule has 4 heteroatoms. The van der Waals surface area contributed by atoms with Crippen molar-refractivity contribution < 1.29 is 5.11 Å². The van der Waals surface area contributed by atoms with Gasteiger partial charge < -0.3 is 10.4 Å². The van der Waals surface area contributed by atoms with Crippen molar-refractivity contribution in [3.8, 4) is 0 Å². The van der Waals surface area contributed by atoms with E-state index in [1.807, 2.05) is 0 Å². The second-order valence-electron chi connectivity index (χ2n) is 5.13. The van der Waals surface area contributed by atoms with Crippen molar-refractivity contribution in [3.63, 3.8) is 0 Å². The molecule has 0 saturated heterocycles. The van der Waals surface area contributed by atoms with E-state index in [4.69, 9.17) is 11.6 Å². The SMILES string of the molecule is CC(C)(C)CC(O)CNc1ncccc1Cl. The maximum atomic E-state index is 9.80. The maximum Gasteiger partial charge on any atom is 0.144 e. The molecule has 1 aromatic rings. The van der Waals surface area contributed by atoms with Gasteiger partial charge in [-0.05, 0) is 24.0 Å². The second kappa shape index (κ2) is 5.51. The van der Waals surface area contributed by atoms with Gasteiger partial charge >= 0.3 is 0 Å². The van der Waals surface area contributed by atoms with E-state index in [1.54, 1.807) is 18.3 Å². The van der Waals surface area contributed by atoms with Crippen LogP contribution in [0.5, 0.6) is 0 Å². The molecule has 1 unspecified atom stereocenters. The van der Waals surface area contributed by atoms with E-state index in [0.717, 1.165) is 6.42 Å². The van der Waals surface area contributed by atoms with Crippen LogP contribution in [0.15, 0.2) is 18.3 Å². The summed E-state index contributed by atoms with van der Waals surface area (Å²) in [7, 11) is 0. The quantitative estimate of drug-likeness (QED) is 0.853. The molecule has 0 aromatic carbocycles. The number of anilines is 1. The Hall–Kier alpha value is -0.800. The largest absolute Gasteiger partial charge is 0.391 e. The van der Waals surface area contributed by atoms with E-state index in [9.17, 15) is 5.11 Å². The van der Waals surface area contributed by atoms with Gasteiger partial charge in [0, 0.05) is 12.7 Å². The number of halogens is 1. The molecule has 0 amide bonds. The first-order chi connectivity index (χ1) is 7.38. The van der Waals surface area contributed by atoms with Crippen molar-refractivity contribution in [3.05, 3.63) is 23.4 Å². The summed E-state index contributed by atoms with van der Waals surface area (Å²) >= 11 is 5.93. The van der Waals surface area contributed by atoms with Crippen LogP contribution in [0.2, 0.25) is 5.02 Å². The van der Waals surface area contributed by atoms with E-state index in [0.29, 0.717) is 17.4 Å². The Morgan fingerprint density at radius 1 is 1.50 bits per heavy atom. The predicted octanol–water partition coefficient (Wildman–Crippen LogP) is 2.94. The molecule has 0 spiro atoms. The molecule has 0 saturated carbocycles. The Morgan fingerprint density at radius 3 is 2.75 bits per heavy atom. The van der Waals surface area contributed by atoms with Gasteiger partial charge in [0.15, 0.2) is 0 Å². The first-order valence-corrected chi connectivity index (χ1v) is 5.79. The van der Waals surface area contributed by atoms with E-state index < -0.39 is 6.10 Å². The van der Waals surface area contributed by atoms with Gasteiger partial charge in [0.1, 0.15) is 5.82 Å². The summed E-state index contributed by atoms with van der Waals surface area (Å²) < 4.78 is 0. The third kappa shape index (κ3) is 4.81. The first-order valence-electron chi connectivity index (χ1n) is 5.41. The van der Waals surface area contributed by atoms with Crippen LogP contribution in [0.3, 0.4) is 0 Å². The number of aromatic nitrogens is 1. The molecule has 0 aliphatic heterocycles. The number of nitrogens with zero attached hydrogens (tertiary/aromatic N) is 1. The van der Waals surface area contributed by atoms with Gasteiger partial charge in [-0.2, -0.15) is 0 Å². The predicted molar refractivity (Wildman–Crippen MR) is 67.8 cm³/mol. The molecular formula is C12H19ClN2O. The van der Waals surface area contributed by atoms with Gasteiger partial charge in [0.2, 0.25) is 0 Å². The van der Waals surface area contributed by atoms with Gasteiger partial charge in [-0.25, -0.2) is 4.98 Å². The third-order valence-electron chi connectivity index (χ3n) is 2.11. The number of nitrogens with one attached hydrogen (secondary N) is 1. The van der Waals surface area contributed by atoms with E-state index in [1.165, 1.54) is 0 Å². The number of pyridine rings is 1.